The Kier molecular flexibility index (Phi) is 2.64. The Morgan fingerprint density at radius 3 is 2.85 bits per heavy atom. The standard InChI is InChI=1S/C14H9NO5/c1-19-10-4-2-3-7-12(10)15-6-8-9(16)5-11(14(17)18)20-13(7)8/h2-6H,1H3,(H,17,18). The van der Waals surface area contributed by atoms with Crippen molar-refractivity contribution >= 4 is 27.8 Å². The molecule has 100 valence electrons. The quantitative estimate of drug-likeness (QED) is 0.717. The van der Waals surface area contributed by atoms with E-state index < -0.39 is 17.2 Å². The van der Waals surface area contributed by atoms with E-state index in [0.29, 0.717) is 16.7 Å². The van der Waals surface area contributed by atoms with Gasteiger partial charge in [0.05, 0.1) is 12.5 Å². The highest BCUT2D eigenvalue weighted by atomic mass is 16.5. The Hall–Kier alpha value is -2.89. The largest absolute Gasteiger partial charge is 0.494 e. The van der Waals surface area contributed by atoms with Crippen LogP contribution in [0.25, 0.3) is 21.9 Å². The predicted octanol–water partition coefficient (Wildman–Crippen LogP) is 2.05. The van der Waals surface area contributed by atoms with Crippen molar-refractivity contribution in [1.82, 2.24) is 4.98 Å². The van der Waals surface area contributed by atoms with Crippen molar-refractivity contribution in [2.75, 3.05) is 7.11 Å². The normalized spacial score (nSPS) is 10.8. The summed E-state index contributed by atoms with van der Waals surface area (Å²) in [5.74, 6) is -1.18. The van der Waals surface area contributed by atoms with Gasteiger partial charge >= 0.3 is 5.97 Å². The third-order valence-electron chi connectivity index (χ3n) is 2.98. The van der Waals surface area contributed by atoms with E-state index in [1.165, 1.54) is 13.3 Å². The molecule has 0 saturated heterocycles. The Bertz CT molecular complexity index is 897. The Morgan fingerprint density at radius 1 is 1.35 bits per heavy atom. The number of aromatic carboxylic acids is 1. The smallest absolute Gasteiger partial charge is 0.371 e. The molecule has 1 N–H and O–H groups in total. The number of pyridine rings is 1. The van der Waals surface area contributed by atoms with Gasteiger partial charge < -0.3 is 14.3 Å². The van der Waals surface area contributed by atoms with Crippen molar-refractivity contribution in [3.05, 3.63) is 46.4 Å². The molecule has 0 aliphatic rings. The number of fused-ring (bicyclic) bond motifs is 3. The van der Waals surface area contributed by atoms with Crippen LogP contribution in [0.4, 0.5) is 0 Å². The predicted molar refractivity (Wildman–Crippen MR) is 71.3 cm³/mol. The van der Waals surface area contributed by atoms with E-state index in [9.17, 15) is 9.59 Å². The summed E-state index contributed by atoms with van der Waals surface area (Å²) in [6.45, 7) is 0. The van der Waals surface area contributed by atoms with Crippen LogP contribution in [0.15, 0.2) is 39.7 Å². The number of rotatable bonds is 2. The van der Waals surface area contributed by atoms with Crippen LogP contribution in [0.3, 0.4) is 0 Å². The molecule has 0 fully saturated rings. The van der Waals surface area contributed by atoms with Crippen LogP contribution in [-0.4, -0.2) is 23.2 Å². The van der Waals surface area contributed by atoms with Crippen LogP contribution in [0.1, 0.15) is 10.6 Å². The third-order valence-corrected chi connectivity index (χ3v) is 2.98. The molecule has 0 unspecified atom stereocenters. The summed E-state index contributed by atoms with van der Waals surface area (Å²) < 4.78 is 10.5. The first-order chi connectivity index (χ1) is 9.61. The van der Waals surface area contributed by atoms with E-state index in [4.69, 9.17) is 14.3 Å². The minimum atomic E-state index is -1.29. The number of carbonyl (C=O) groups is 1. The molecule has 20 heavy (non-hydrogen) atoms. The van der Waals surface area contributed by atoms with E-state index in [1.54, 1.807) is 18.2 Å². The highest BCUT2D eigenvalue weighted by Crippen LogP contribution is 2.28. The first-order valence-corrected chi connectivity index (χ1v) is 5.74. The minimum absolute atomic E-state index is 0.193. The van der Waals surface area contributed by atoms with Gasteiger partial charge in [0.1, 0.15) is 16.8 Å². The molecular formula is C14H9NO5. The Labute approximate surface area is 112 Å². The lowest BCUT2D eigenvalue weighted by molar-refractivity contribution is 0.0663. The van der Waals surface area contributed by atoms with Gasteiger partial charge in [-0.15, -0.1) is 0 Å². The maximum atomic E-state index is 11.9. The number of aromatic nitrogens is 1. The second-order valence-corrected chi connectivity index (χ2v) is 4.14. The first kappa shape index (κ1) is 12.2. The van der Waals surface area contributed by atoms with E-state index in [0.717, 1.165) is 6.07 Å². The van der Waals surface area contributed by atoms with Crippen molar-refractivity contribution in [2.24, 2.45) is 0 Å². The number of carboxylic acids is 1. The number of carboxylic acid groups (broad SMARTS) is 1. The van der Waals surface area contributed by atoms with Gasteiger partial charge in [-0.2, -0.15) is 0 Å². The fraction of sp³-hybridized carbons (Fsp3) is 0.0714. The Balaban J connectivity index is 2.52. The van der Waals surface area contributed by atoms with Crippen molar-refractivity contribution in [3.8, 4) is 5.75 Å². The van der Waals surface area contributed by atoms with Crippen molar-refractivity contribution in [2.45, 2.75) is 0 Å². The van der Waals surface area contributed by atoms with E-state index in [2.05, 4.69) is 4.98 Å². The topological polar surface area (TPSA) is 89.6 Å². The summed E-state index contributed by atoms with van der Waals surface area (Å²) in [5, 5.41) is 9.73. The van der Waals surface area contributed by atoms with Gasteiger partial charge in [0, 0.05) is 17.6 Å². The molecule has 0 aliphatic heterocycles. The molecule has 3 rings (SSSR count). The molecule has 0 spiro atoms. The summed E-state index contributed by atoms with van der Waals surface area (Å²) in [6, 6.07) is 6.08. The zero-order valence-electron chi connectivity index (χ0n) is 10.4. The fourth-order valence-corrected chi connectivity index (χ4v) is 2.06. The number of hydrogen-bond acceptors (Lipinski definition) is 5. The average Bonchev–Trinajstić information content (AvgIpc) is 2.46. The number of nitrogens with zero attached hydrogens (tertiary/aromatic N) is 1. The first-order valence-electron chi connectivity index (χ1n) is 5.74. The molecule has 0 radical (unpaired) electrons. The second-order valence-electron chi connectivity index (χ2n) is 4.14. The maximum Gasteiger partial charge on any atom is 0.371 e. The molecule has 0 atom stereocenters. The van der Waals surface area contributed by atoms with E-state index in [-0.39, 0.29) is 11.0 Å². The highest BCUT2D eigenvalue weighted by Gasteiger charge is 2.14. The number of hydrogen-bond donors (Lipinski definition) is 1. The van der Waals surface area contributed by atoms with Gasteiger partial charge in [-0.3, -0.25) is 9.78 Å². The zero-order chi connectivity index (χ0) is 14.3. The number of ether oxygens (including phenoxy) is 1. The monoisotopic (exact) mass is 271 g/mol. The maximum absolute atomic E-state index is 11.9. The molecule has 0 bridgehead atoms. The molecule has 6 heteroatoms. The van der Waals surface area contributed by atoms with E-state index >= 15 is 0 Å². The summed E-state index contributed by atoms with van der Waals surface area (Å²) >= 11 is 0. The van der Waals surface area contributed by atoms with Crippen molar-refractivity contribution in [1.29, 1.82) is 0 Å². The number of benzene rings is 1. The summed E-state index contributed by atoms with van der Waals surface area (Å²) in [5.41, 5.74) is 0.257. The van der Waals surface area contributed by atoms with Crippen LogP contribution in [0.2, 0.25) is 0 Å². The average molecular weight is 271 g/mol. The fourth-order valence-electron chi connectivity index (χ4n) is 2.06. The van der Waals surface area contributed by atoms with Crippen molar-refractivity contribution in [3.63, 3.8) is 0 Å². The molecule has 0 aliphatic carbocycles. The molecule has 3 aromatic rings. The Morgan fingerprint density at radius 2 is 2.15 bits per heavy atom. The second kappa shape index (κ2) is 4.34. The van der Waals surface area contributed by atoms with Crippen LogP contribution >= 0.6 is 0 Å². The van der Waals surface area contributed by atoms with Gasteiger partial charge in [-0.05, 0) is 12.1 Å². The van der Waals surface area contributed by atoms with Crippen LogP contribution in [-0.2, 0) is 0 Å². The van der Waals surface area contributed by atoms with Crippen LogP contribution < -0.4 is 10.2 Å². The van der Waals surface area contributed by atoms with Crippen molar-refractivity contribution < 1.29 is 19.1 Å². The minimum Gasteiger partial charge on any atom is -0.494 e. The molecule has 6 nitrogen and oxygen atoms in total. The van der Waals surface area contributed by atoms with Gasteiger partial charge in [0.15, 0.2) is 5.43 Å². The van der Waals surface area contributed by atoms with Crippen LogP contribution in [0.5, 0.6) is 5.75 Å². The van der Waals surface area contributed by atoms with Gasteiger partial charge in [0.2, 0.25) is 5.76 Å². The molecule has 1 aromatic carbocycles. The number of para-hydroxylation sites is 1. The summed E-state index contributed by atoms with van der Waals surface area (Å²) in [4.78, 5) is 27.1. The van der Waals surface area contributed by atoms with Gasteiger partial charge in [-0.25, -0.2) is 4.79 Å². The lowest BCUT2D eigenvalue weighted by Crippen LogP contribution is -2.07. The SMILES string of the molecule is COc1cccc2c1ncc1c(=O)cc(C(=O)O)oc12. The highest BCUT2D eigenvalue weighted by molar-refractivity contribution is 6.04. The summed E-state index contributed by atoms with van der Waals surface area (Å²) in [7, 11) is 1.50. The lowest BCUT2D eigenvalue weighted by atomic mass is 10.1. The summed E-state index contributed by atoms with van der Waals surface area (Å²) in [6.07, 6.45) is 1.36. The van der Waals surface area contributed by atoms with E-state index in [1.807, 2.05) is 0 Å². The molecular weight excluding hydrogens is 262 g/mol. The molecule has 2 heterocycles. The molecule has 0 saturated carbocycles. The lowest BCUT2D eigenvalue weighted by Gasteiger charge is -2.06. The van der Waals surface area contributed by atoms with Crippen LogP contribution in [0, 0.1) is 0 Å². The molecule has 0 amide bonds. The van der Waals surface area contributed by atoms with Gasteiger partial charge in [0.25, 0.3) is 0 Å². The van der Waals surface area contributed by atoms with Gasteiger partial charge in [-0.1, -0.05) is 6.07 Å². The number of methoxy groups -OCH3 is 1. The third kappa shape index (κ3) is 1.70. The molecule has 2 aromatic heterocycles. The zero-order valence-corrected chi connectivity index (χ0v) is 10.4.